The monoisotopic (exact) mass is 433 g/mol. The maximum atomic E-state index is 14.5. The smallest absolute Gasteiger partial charge is 0.142 e. The molecule has 1 N–H and O–H groups in total. The Morgan fingerprint density at radius 3 is 2.67 bits per heavy atom. The molecular weight excluding hydrogens is 420 g/mol. The SMILES string of the molecule is CCCNC(c1cc(Br)ccc1Cl)c1cccc(Br)c1F. The number of benzene rings is 2. The van der Waals surface area contributed by atoms with Gasteiger partial charge in [0.15, 0.2) is 0 Å². The van der Waals surface area contributed by atoms with Crippen LogP contribution in [0.4, 0.5) is 4.39 Å². The van der Waals surface area contributed by atoms with E-state index in [0.717, 1.165) is 23.0 Å². The minimum absolute atomic E-state index is 0.262. The zero-order chi connectivity index (χ0) is 15.4. The molecule has 112 valence electrons. The van der Waals surface area contributed by atoms with Crippen molar-refractivity contribution in [3.05, 3.63) is 67.3 Å². The summed E-state index contributed by atoms with van der Waals surface area (Å²) in [6.45, 7) is 2.85. The molecule has 0 aliphatic heterocycles. The molecule has 0 radical (unpaired) electrons. The largest absolute Gasteiger partial charge is 0.306 e. The average Bonchev–Trinajstić information content (AvgIpc) is 2.47. The highest BCUT2D eigenvalue weighted by Gasteiger charge is 2.21. The fraction of sp³-hybridized carbons (Fsp3) is 0.250. The van der Waals surface area contributed by atoms with Crippen LogP contribution in [0.15, 0.2) is 45.3 Å². The first-order valence-corrected chi connectivity index (χ1v) is 8.63. The molecule has 0 bridgehead atoms. The predicted octanol–water partition coefficient (Wildman–Crippen LogP) is 6.09. The van der Waals surface area contributed by atoms with Crippen LogP contribution < -0.4 is 5.32 Å². The maximum Gasteiger partial charge on any atom is 0.142 e. The van der Waals surface area contributed by atoms with Crippen LogP contribution in [0, 0.1) is 5.82 Å². The standard InChI is InChI=1S/C16H15Br2ClFN/c1-2-8-21-16(11-4-3-5-13(18)15(11)20)12-9-10(17)6-7-14(12)19/h3-7,9,16,21H,2,8H2,1H3. The molecule has 2 aromatic carbocycles. The van der Waals surface area contributed by atoms with E-state index >= 15 is 0 Å². The molecule has 0 aliphatic rings. The third kappa shape index (κ3) is 4.07. The van der Waals surface area contributed by atoms with E-state index in [2.05, 4.69) is 44.1 Å². The van der Waals surface area contributed by atoms with Crippen LogP contribution >= 0.6 is 43.5 Å². The van der Waals surface area contributed by atoms with Gasteiger partial charge in [-0.2, -0.15) is 0 Å². The van der Waals surface area contributed by atoms with E-state index in [-0.39, 0.29) is 11.9 Å². The molecule has 2 aromatic rings. The molecule has 2 rings (SSSR count). The second kappa shape index (κ2) is 7.73. The van der Waals surface area contributed by atoms with E-state index < -0.39 is 0 Å². The normalized spacial score (nSPS) is 12.4. The molecule has 1 nitrogen and oxygen atoms in total. The van der Waals surface area contributed by atoms with E-state index in [0.29, 0.717) is 15.1 Å². The molecule has 0 aromatic heterocycles. The summed E-state index contributed by atoms with van der Waals surface area (Å²) in [4.78, 5) is 0. The Morgan fingerprint density at radius 2 is 1.95 bits per heavy atom. The Bertz CT molecular complexity index is 632. The molecule has 0 heterocycles. The first-order valence-electron chi connectivity index (χ1n) is 6.66. The predicted molar refractivity (Wildman–Crippen MR) is 93.4 cm³/mol. The van der Waals surface area contributed by atoms with Crippen molar-refractivity contribution in [1.29, 1.82) is 0 Å². The second-order valence-electron chi connectivity index (χ2n) is 4.70. The van der Waals surface area contributed by atoms with Crippen LogP contribution in [0.1, 0.15) is 30.5 Å². The van der Waals surface area contributed by atoms with Crippen molar-refractivity contribution >= 4 is 43.5 Å². The number of rotatable bonds is 5. The van der Waals surface area contributed by atoms with Crippen LogP contribution in [0.3, 0.4) is 0 Å². The lowest BCUT2D eigenvalue weighted by molar-refractivity contribution is 0.543. The first-order chi connectivity index (χ1) is 10.0. The van der Waals surface area contributed by atoms with Gasteiger partial charge in [0.2, 0.25) is 0 Å². The van der Waals surface area contributed by atoms with Crippen LogP contribution in [-0.4, -0.2) is 6.54 Å². The van der Waals surface area contributed by atoms with Crippen LogP contribution in [0.5, 0.6) is 0 Å². The Kier molecular flexibility index (Phi) is 6.23. The number of halogens is 4. The van der Waals surface area contributed by atoms with Crippen molar-refractivity contribution in [2.24, 2.45) is 0 Å². The van der Waals surface area contributed by atoms with Gasteiger partial charge in [0.1, 0.15) is 5.82 Å². The fourth-order valence-corrected chi connectivity index (χ4v) is 3.14. The zero-order valence-corrected chi connectivity index (χ0v) is 15.4. The summed E-state index contributed by atoms with van der Waals surface area (Å²) in [5.41, 5.74) is 1.44. The van der Waals surface area contributed by atoms with Crippen molar-refractivity contribution < 1.29 is 4.39 Å². The fourth-order valence-electron chi connectivity index (χ4n) is 2.16. The second-order valence-corrected chi connectivity index (χ2v) is 6.87. The highest BCUT2D eigenvalue weighted by atomic mass is 79.9. The molecule has 0 saturated carbocycles. The van der Waals surface area contributed by atoms with Gasteiger partial charge in [-0.3, -0.25) is 0 Å². The summed E-state index contributed by atoms with van der Waals surface area (Å²) < 4.78 is 15.8. The lowest BCUT2D eigenvalue weighted by Crippen LogP contribution is -2.24. The third-order valence-electron chi connectivity index (χ3n) is 3.16. The zero-order valence-electron chi connectivity index (χ0n) is 11.5. The first kappa shape index (κ1) is 16.9. The summed E-state index contributed by atoms with van der Waals surface area (Å²) in [6, 6.07) is 10.6. The van der Waals surface area contributed by atoms with Gasteiger partial charge >= 0.3 is 0 Å². The van der Waals surface area contributed by atoms with Gasteiger partial charge in [0.05, 0.1) is 10.5 Å². The van der Waals surface area contributed by atoms with Crippen LogP contribution in [0.2, 0.25) is 5.02 Å². The summed E-state index contributed by atoms with van der Waals surface area (Å²) in [5.74, 6) is -0.262. The molecular formula is C16H15Br2ClFN. The summed E-state index contributed by atoms with van der Waals surface area (Å²) >= 11 is 13.0. The summed E-state index contributed by atoms with van der Waals surface area (Å²) in [5, 5.41) is 3.99. The van der Waals surface area contributed by atoms with Crippen LogP contribution in [0.25, 0.3) is 0 Å². The van der Waals surface area contributed by atoms with Gasteiger partial charge in [0.25, 0.3) is 0 Å². The Labute approximate surface area is 146 Å². The van der Waals surface area contributed by atoms with Gasteiger partial charge in [0, 0.05) is 15.1 Å². The lowest BCUT2D eigenvalue weighted by atomic mass is 9.98. The van der Waals surface area contributed by atoms with E-state index in [1.54, 1.807) is 12.1 Å². The van der Waals surface area contributed by atoms with Crippen molar-refractivity contribution in [2.75, 3.05) is 6.54 Å². The average molecular weight is 436 g/mol. The molecule has 0 aliphatic carbocycles. The summed E-state index contributed by atoms with van der Waals surface area (Å²) in [6.07, 6.45) is 0.956. The van der Waals surface area contributed by atoms with Gasteiger partial charge < -0.3 is 5.32 Å². The molecule has 5 heteroatoms. The topological polar surface area (TPSA) is 12.0 Å². The number of nitrogens with one attached hydrogen (secondary N) is 1. The molecule has 1 atom stereocenters. The Morgan fingerprint density at radius 1 is 1.19 bits per heavy atom. The molecule has 1 unspecified atom stereocenters. The lowest BCUT2D eigenvalue weighted by Gasteiger charge is -2.22. The molecule has 0 spiro atoms. The quantitative estimate of drug-likeness (QED) is 0.599. The highest BCUT2D eigenvalue weighted by Crippen LogP contribution is 2.33. The Hall–Kier alpha value is -0.420. The van der Waals surface area contributed by atoms with E-state index in [1.807, 2.05) is 24.3 Å². The van der Waals surface area contributed by atoms with Crippen molar-refractivity contribution in [3.63, 3.8) is 0 Å². The molecule has 0 saturated heterocycles. The van der Waals surface area contributed by atoms with Gasteiger partial charge in [-0.25, -0.2) is 4.39 Å². The maximum absolute atomic E-state index is 14.5. The number of hydrogen-bond acceptors (Lipinski definition) is 1. The minimum Gasteiger partial charge on any atom is -0.306 e. The van der Waals surface area contributed by atoms with Crippen molar-refractivity contribution in [1.82, 2.24) is 5.32 Å². The highest BCUT2D eigenvalue weighted by molar-refractivity contribution is 9.10. The van der Waals surface area contributed by atoms with E-state index in [4.69, 9.17) is 11.6 Å². The van der Waals surface area contributed by atoms with Gasteiger partial charge in [-0.1, -0.05) is 46.6 Å². The molecule has 0 amide bonds. The molecule has 0 fully saturated rings. The third-order valence-corrected chi connectivity index (χ3v) is 4.61. The minimum atomic E-state index is -0.285. The molecule has 21 heavy (non-hydrogen) atoms. The van der Waals surface area contributed by atoms with E-state index in [1.165, 1.54) is 0 Å². The van der Waals surface area contributed by atoms with Gasteiger partial charge in [-0.05, 0) is 58.7 Å². The van der Waals surface area contributed by atoms with Crippen LogP contribution in [-0.2, 0) is 0 Å². The summed E-state index contributed by atoms with van der Waals surface area (Å²) in [7, 11) is 0. The van der Waals surface area contributed by atoms with Crippen molar-refractivity contribution in [2.45, 2.75) is 19.4 Å². The van der Waals surface area contributed by atoms with E-state index in [9.17, 15) is 4.39 Å². The number of hydrogen-bond donors (Lipinski definition) is 1. The Balaban J connectivity index is 2.52. The van der Waals surface area contributed by atoms with Gasteiger partial charge in [-0.15, -0.1) is 0 Å². The van der Waals surface area contributed by atoms with Crippen molar-refractivity contribution in [3.8, 4) is 0 Å².